The highest BCUT2D eigenvalue weighted by Crippen LogP contribution is 2.35. The first-order chi connectivity index (χ1) is 8.06. The van der Waals surface area contributed by atoms with Crippen molar-refractivity contribution in [2.75, 3.05) is 7.11 Å². The summed E-state index contributed by atoms with van der Waals surface area (Å²) in [4.78, 5) is 12.3. The lowest BCUT2D eigenvalue weighted by atomic mass is 10.1. The Kier molecular flexibility index (Phi) is 3.30. The standard InChI is InChI=1S/C10H10BrN3O2S/c1-5-4-17-8(10(15)16-3)6(5)7-9(11)12-13-14(7)2/h4H,1-3H3. The third kappa shape index (κ3) is 2.00. The number of rotatable bonds is 2. The quantitative estimate of drug-likeness (QED) is 0.798. The Morgan fingerprint density at radius 1 is 1.59 bits per heavy atom. The molecule has 0 unspecified atom stereocenters. The number of hydrogen-bond donors (Lipinski definition) is 0. The summed E-state index contributed by atoms with van der Waals surface area (Å²) < 4.78 is 7.02. The zero-order chi connectivity index (χ0) is 12.6. The topological polar surface area (TPSA) is 57.0 Å². The van der Waals surface area contributed by atoms with E-state index in [9.17, 15) is 4.79 Å². The summed E-state index contributed by atoms with van der Waals surface area (Å²) in [5.41, 5.74) is 2.60. The Morgan fingerprint density at radius 2 is 2.29 bits per heavy atom. The van der Waals surface area contributed by atoms with E-state index in [0.717, 1.165) is 16.8 Å². The van der Waals surface area contributed by atoms with Crippen LogP contribution in [0.3, 0.4) is 0 Å². The molecule has 0 N–H and O–H groups in total. The highest BCUT2D eigenvalue weighted by Gasteiger charge is 2.23. The highest BCUT2D eigenvalue weighted by atomic mass is 79.9. The molecule has 0 radical (unpaired) electrons. The summed E-state index contributed by atoms with van der Waals surface area (Å²) in [5, 5.41) is 9.75. The van der Waals surface area contributed by atoms with E-state index in [1.165, 1.54) is 18.4 Å². The number of hydrogen-bond acceptors (Lipinski definition) is 5. The summed E-state index contributed by atoms with van der Waals surface area (Å²) in [6.45, 7) is 1.94. The minimum absolute atomic E-state index is 0.341. The predicted molar refractivity (Wildman–Crippen MR) is 68.1 cm³/mol. The van der Waals surface area contributed by atoms with Gasteiger partial charge in [0.2, 0.25) is 0 Å². The van der Waals surface area contributed by atoms with E-state index >= 15 is 0 Å². The van der Waals surface area contributed by atoms with Crippen molar-refractivity contribution >= 4 is 33.2 Å². The molecule has 2 heterocycles. The third-order valence-corrected chi connectivity index (χ3v) is 3.98. The van der Waals surface area contributed by atoms with Crippen molar-refractivity contribution in [2.45, 2.75) is 6.92 Å². The summed E-state index contributed by atoms with van der Waals surface area (Å²) in [7, 11) is 3.16. The van der Waals surface area contributed by atoms with Gasteiger partial charge in [0.15, 0.2) is 4.60 Å². The molecule has 5 nitrogen and oxygen atoms in total. The molecule has 0 saturated heterocycles. The molecule has 0 fully saturated rings. The van der Waals surface area contributed by atoms with Crippen LogP contribution in [-0.4, -0.2) is 28.1 Å². The van der Waals surface area contributed by atoms with E-state index in [4.69, 9.17) is 4.74 Å². The number of aryl methyl sites for hydroxylation is 2. The first-order valence-electron chi connectivity index (χ1n) is 4.78. The molecule has 2 rings (SSSR count). The number of nitrogens with zero attached hydrogens (tertiary/aromatic N) is 3. The van der Waals surface area contributed by atoms with Crippen LogP contribution in [0.15, 0.2) is 9.98 Å². The number of methoxy groups -OCH3 is 1. The van der Waals surface area contributed by atoms with Crippen molar-refractivity contribution in [3.05, 3.63) is 20.4 Å². The van der Waals surface area contributed by atoms with E-state index in [0.29, 0.717) is 9.48 Å². The lowest BCUT2D eigenvalue weighted by Crippen LogP contribution is -2.03. The van der Waals surface area contributed by atoms with Crippen LogP contribution in [0.25, 0.3) is 11.3 Å². The number of esters is 1. The van der Waals surface area contributed by atoms with Crippen molar-refractivity contribution in [1.29, 1.82) is 0 Å². The average molecular weight is 316 g/mol. The molecule has 0 spiro atoms. The van der Waals surface area contributed by atoms with Crippen LogP contribution in [0.5, 0.6) is 0 Å². The summed E-state index contributed by atoms with van der Waals surface area (Å²) in [6.07, 6.45) is 0. The van der Waals surface area contributed by atoms with Gasteiger partial charge in [-0.05, 0) is 33.8 Å². The molecule has 90 valence electrons. The molecule has 0 saturated carbocycles. The second-order valence-corrected chi connectivity index (χ2v) is 5.10. The zero-order valence-corrected chi connectivity index (χ0v) is 11.9. The minimum Gasteiger partial charge on any atom is -0.465 e. The number of halogens is 1. The molecule has 2 aromatic rings. The Morgan fingerprint density at radius 3 is 2.82 bits per heavy atom. The molecule has 0 aliphatic carbocycles. The fourth-order valence-corrected chi connectivity index (χ4v) is 3.07. The van der Waals surface area contributed by atoms with Gasteiger partial charge in [-0.25, -0.2) is 9.48 Å². The molecule has 0 bridgehead atoms. The Bertz CT molecular complexity index is 557. The van der Waals surface area contributed by atoms with Crippen LogP contribution >= 0.6 is 27.3 Å². The van der Waals surface area contributed by atoms with Gasteiger partial charge >= 0.3 is 5.97 Å². The number of carbonyl (C=O) groups is 1. The molecule has 7 heteroatoms. The maximum Gasteiger partial charge on any atom is 0.348 e. The summed E-state index contributed by atoms with van der Waals surface area (Å²) in [6, 6.07) is 0. The zero-order valence-electron chi connectivity index (χ0n) is 9.52. The molecule has 0 aliphatic heterocycles. The number of thiophene rings is 1. The van der Waals surface area contributed by atoms with Crippen molar-refractivity contribution in [3.63, 3.8) is 0 Å². The van der Waals surface area contributed by atoms with Crippen molar-refractivity contribution in [3.8, 4) is 11.3 Å². The fraction of sp³-hybridized carbons (Fsp3) is 0.300. The number of ether oxygens (including phenoxy) is 1. The molecular weight excluding hydrogens is 306 g/mol. The second-order valence-electron chi connectivity index (χ2n) is 3.47. The molecule has 0 amide bonds. The van der Waals surface area contributed by atoms with Crippen LogP contribution in [0.2, 0.25) is 0 Å². The van der Waals surface area contributed by atoms with E-state index in [1.54, 1.807) is 11.7 Å². The normalized spacial score (nSPS) is 10.6. The summed E-state index contributed by atoms with van der Waals surface area (Å²) >= 11 is 4.70. The minimum atomic E-state index is -0.341. The molecule has 0 aromatic carbocycles. The third-order valence-electron chi connectivity index (χ3n) is 2.37. The first kappa shape index (κ1) is 12.3. The van der Waals surface area contributed by atoms with Gasteiger partial charge in [0.1, 0.15) is 10.6 Å². The summed E-state index contributed by atoms with van der Waals surface area (Å²) in [5.74, 6) is -0.341. The van der Waals surface area contributed by atoms with E-state index in [1.807, 2.05) is 12.3 Å². The van der Waals surface area contributed by atoms with Gasteiger partial charge in [-0.15, -0.1) is 16.4 Å². The van der Waals surface area contributed by atoms with Crippen LogP contribution in [0.1, 0.15) is 15.2 Å². The van der Waals surface area contributed by atoms with Crippen LogP contribution in [0.4, 0.5) is 0 Å². The van der Waals surface area contributed by atoms with Gasteiger partial charge < -0.3 is 4.74 Å². The number of aromatic nitrogens is 3. The number of carbonyl (C=O) groups excluding carboxylic acids is 1. The largest absolute Gasteiger partial charge is 0.465 e. The van der Waals surface area contributed by atoms with Gasteiger partial charge in [0.25, 0.3) is 0 Å². The molecular formula is C10H10BrN3O2S. The van der Waals surface area contributed by atoms with Crippen LogP contribution in [-0.2, 0) is 11.8 Å². The van der Waals surface area contributed by atoms with Gasteiger partial charge in [-0.3, -0.25) is 0 Å². The van der Waals surface area contributed by atoms with Crippen LogP contribution in [0, 0.1) is 6.92 Å². The van der Waals surface area contributed by atoms with Gasteiger partial charge in [0.05, 0.1) is 7.11 Å². The Balaban J connectivity index is 2.67. The lowest BCUT2D eigenvalue weighted by Gasteiger charge is -2.04. The highest BCUT2D eigenvalue weighted by molar-refractivity contribution is 9.10. The smallest absolute Gasteiger partial charge is 0.348 e. The fourth-order valence-electron chi connectivity index (χ4n) is 1.58. The lowest BCUT2D eigenvalue weighted by molar-refractivity contribution is 0.0607. The van der Waals surface area contributed by atoms with Gasteiger partial charge in [-0.1, -0.05) is 5.21 Å². The maximum absolute atomic E-state index is 11.7. The first-order valence-corrected chi connectivity index (χ1v) is 6.45. The Hall–Kier alpha value is -1.21. The predicted octanol–water partition coefficient (Wildman–Crippen LogP) is 2.40. The SMILES string of the molecule is COC(=O)c1scc(C)c1-c1c(Br)nnn1C. The monoisotopic (exact) mass is 315 g/mol. The molecule has 0 atom stereocenters. The maximum atomic E-state index is 11.7. The average Bonchev–Trinajstić information content (AvgIpc) is 2.82. The van der Waals surface area contributed by atoms with Crippen LogP contribution < -0.4 is 0 Å². The second kappa shape index (κ2) is 4.58. The van der Waals surface area contributed by atoms with E-state index in [2.05, 4.69) is 26.2 Å². The molecule has 17 heavy (non-hydrogen) atoms. The Labute approximate surface area is 111 Å². The van der Waals surface area contributed by atoms with Crippen molar-refractivity contribution in [2.24, 2.45) is 7.05 Å². The van der Waals surface area contributed by atoms with Gasteiger partial charge in [0, 0.05) is 12.6 Å². The van der Waals surface area contributed by atoms with E-state index in [-0.39, 0.29) is 5.97 Å². The van der Waals surface area contributed by atoms with E-state index < -0.39 is 0 Å². The van der Waals surface area contributed by atoms with Crippen molar-refractivity contribution < 1.29 is 9.53 Å². The molecule has 0 aliphatic rings. The molecule has 2 aromatic heterocycles. The van der Waals surface area contributed by atoms with Crippen molar-refractivity contribution in [1.82, 2.24) is 15.0 Å². The van der Waals surface area contributed by atoms with Gasteiger partial charge in [-0.2, -0.15) is 0 Å².